The van der Waals surface area contributed by atoms with Crippen LogP contribution in [-0.4, -0.2) is 10.5 Å². The molecule has 0 saturated heterocycles. The molecular formula is C23H27N3OS. The maximum absolute atomic E-state index is 13.1. The first-order valence-corrected chi connectivity index (χ1v) is 10.9. The van der Waals surface area contributed by atoms with Crippen LogP contribution >= 0.6 is 11.3 Å². The molecule has 2 N–H and O–H groups in total. The third-order valence-electron chi connectivity index (χ3n) is 6.51. The average Bonchev–Trinajstić information content (AvgIpc) is 3.18. The molecule has 1 aromatic carbocycles. The Morgan fingerprint density at radius 2 is 1.96 bits per heavy atom. The van der Waals surface area contributed by atoms with E-state index in [2.05, 4.69) is 73.5 Å². The number of para-hydroxylation sites is 1. The van der Waals surface area contributed by atoms with Crippen LogP contribution in [0, 0.1) is 11.3 Å². The van der Waals surface area contributed by atoms with Gasteiger partial charge in [-0.05, 0) is 42.2 Å². The fourth-order valence-corrected chi connectivity index (χ4v) is 6.15. The van der Waals surface area contributed by atoms with E-state index >= 15 is 0 Å². The molecule has 1 aliphatic carbocycles. The van der Waals surface area contributed by atoms with Crippen molar-refractivity contribution in [2.45, 2.75) is 46.2 Å². The molecule has 1 amide bonds. The number of amides is 1. The van der Waals surface area contributed by atoms with Crippen LogP contribution in [0.5, 0.6) is 0 Å². The number of thiophene rings is 1. The zero-order valence-electron chi connectivity index (χ0n) is 16.9. The highest BCUT2D eigenvalue weighted by atomic mass is 32.1. The number of hydrogen-bond donors (Lipinski definition) is 2. The Balaban J connectivity index is 1.52. The Bertz CT molecular complexity index is 1090. The summed E-state index contributed by atoms with van der Waals surface area (Å²) >= 11 is 1.79. The summed E-state index contributed by atoms with van der Waals surface area (Å²) in [6.45, 7) is 6.99. The van der Waals surface area contributed by atoms with Gasteiger partial charge < -0.3 is 15.2 Å². The fraction of sp³-hybridized carbons (Fsp3) is 0.435. The van der Waals surface area contributed by atoms with Gasteiger partial charge >= 0.3 is 0 Å². The largest absolute Gasteiger partial charge is 0.353 e. The zero-order chi connectivity index (χ0) is 19.6. The number of fused-ring (bicyclic) bond motifs is 4. The molecule has 5 rings (SSSR count). The molecule has 3 heterocycles. The Hall–Kier alpha value is -2.27. The molecule has 4 nitrogen and oxygen atoms in total. The number of nitrogens with one attached hydrogen (secondary N) is 2. The van der Waals surface area contributed by atoms with Crippen LogP contribution in [0.1, 0.15) is 59.7 Å². The smallest absolute Gasteiger partial charge is 0.256 e. The van der Waals surface area contributed by atoms with Crippen LogP contribution in [0.2, 0.25) is 0 Å². The van der Waals surface area contributed by atoms with Crippen LogP contribution < -0.4 is 10.6 Å². The van der Waals surface area contributed by atoms with E-state index < -0.39 is 0 Å². The molecule has 2 aromatic heterocycles. The van der Waals surface area contributed by atoms with Crippen LogP contribution in [0.15, 0.2) is 30.5 Å². The Morgan fingerprint density at radius 1 is 1.18 bits per heavy atom. The summed E-state index contributed by atoms with van der Waals surface area (Å²) in [4.78, 5) is 14.5. The van der Waals surface area contributed by atoms with Gasteiger partial charge in [0, 0.05) is 34.6 Å². The maximum Gasteiger partial charge on any atom is 0.256 e. The van der Waals surface area contributed by atoms with E-state index in [1.54, 1.807) is 11.3 Å². The van der Waals surface area contributed by atoms with Gasteiger partial charge in [0.15, 0.2) is 0 Å². The lowest BCUT2D eigenvalue weighted by atomic mass is 9.72. The minimum Gasteiger partial charge on any atom is -0.353 e. The number of benzene rings is 1. The van der Waals surface area contributed by atoms with Crippen LogP contribution in [0.3, 0.4) is 0 Å². The highest BCUT2D eigenvalue weighted by Gasteiger charge is 2.36. The summed E-state index contributed by atoms with van der Waals surface area (Å²) < 4.78 is 2.13. The number of nitrogens with zero attached hydrogens (tertiary/aromatic N) is 1. The topological polar surface area (TPSA) is 46.1 Å². The van der Waals surface area contributed by atoms with Gasteiger partial charge in [0.2, 0.25) is 0 Å². The molecule has 146 valence electrons. The fourth-order valence-electron chi connectivity index (χ4n) is 4.80. The summed E-state index contributed by atoms with van der Waals surface area (Å²) in [5.41, 5.74) is 4.78. The molecular weight excluding hydrogens is 366 g/mol. The highest BCUT2D eigenvalue weighted by molar-refractivity contribution is 7.16. The minimum absolute atomic E-state index is 0.0680. The number of carbonyl (C=O) groups excluding carboxylic acids is 1. The molecule has 0 bridgehead atoms. The van der Waals surface area contributed by atoms with Gasteiger partial charge in [0.05, 0.1) is 5.56 Å². The SMILES string of the molecule is Cn1cc(C2NC(=O)c3c(sc4c3CCC(C(C)(C)C)C4)N2)c2ccccc21. The number of carbonyl (C=O) groups is 1. The normalized spacial score (nSPS) is 21.8. The standard InChI is InChI=1S/C23H27N3OS/c1-23(2,3)13-9-10-15-18(11-13)28-22-19(15)21(27)24-20(25-22)16-12-26(4)17-8-6-5-7-14(16)17/h5-8,12-13,20,25H,9-11H2,1-4H3,(H,24,27). The molecule has 28 heavy (non-hydrogen) atoms. The van der Waals surface area contributed by atoms with Crippen molar-refractivity contribution in [3.8, 4) is 0 Å². The van der Waals surface area contributed by atoms with Crippen molar-refractivity contribution in [2.75, 3.05) is 5.32 Å². The van der Waals surface area contributed by atoms with Gasteiger partial charge in [-0.15, -0.1) is 11.3 Å². The Morgan fingerprint density at radius 3 is 2.75 bits per heavy atom. The summed E-state index contributed by atoms with van der Waals surface area (Å²) in [5, 5.41) is 9.07. The van der Waals surface area contributed by atoms with Crippen molar-refractivity contribution in [3.63, 3.8) is 0 Å². The van der Waals surface area contributed by atoms with Gasteiger partial charge in [0.25, 0.3) is 5.91 Å². The van der Waals surface area contributed by atoms with Gasteiger partial charge in [-0.25, -0.2) is 0 Å². The zero-order valence-corrected chi connectivity index (χ0v) is 17.7. The Labute approximate surface area is 169 Å². The molecule has 2 atom stereocenters. The lowest BCUT2D eigenvalue weighted by Gasteiger charge is -2.34. The molecule has 0 fully saturated rings. The summed E-state index contributed by atoms with van der Waals surface area (Å²) in [6, 6.07) is 8.35. The van der Waals surface area contributed by atoms with Crippen LogP contribution in [0.25, 0.3) is 10.9 Å². The first kappa shape index (κ1) is 17.8. The van der Waals surface area contributed by atoms with Crippen LogP contribution in [0.4, 0.5) is 5.00 Å². The van der Waals surface area contributed by atoms with E-state index in [-0.39, 0.29) is 12.1 Å². The second-order valence-corrected chi connectivity index (χ2v) is 10.4. The molecule has 0 spiro atoms. The van der Waals surface area contributed by atoms with E-state index in [9.17, 15) is 4.79 Å². The molecule has 0 radical (unpaired) electrons. The molecule has 3 aromatic rings. The highest BCUT2D eigenvalue weighted by Crippen LogP contribution is 2.46. The Kier molecular flexibility index (Phi) is 3.89. The van der Waals surface area contributed by atoms with Gasteiger partial charge in [-0.2, -0.15) is 0 Å². The number of aromatic nitrogens is 1. The lowest BCUT2D eigenvalue weighted by molar-refractivity contribution is 0.0935. The van der Waals surface area contributed by atoms with Gasteiger partial charge in [0.1, 0.15) is 11.2 Å². The van der Waals surface area contributed by atoms with E-state index in [0.717, 1.165) is 29.0 Å². The molecule has 2 aliphatic rings. The number of rotatable bonds is 1. The van der Waals surface area contributed by atoms with E-state index in [1.165, 1.54) is 27.8 Å². The van der Waals surface area contributed by atoms with E-state index in [0.29, 0.717) is 11.3 Å². The number of hydrogen-bond acceptors (Lipinski definition) is 3. The minimum atomic E-state index is -0.190. The van der Waals surface area contributed by atoms with Crippen molar-refractivity contribution in [1.29, 1.82) is 0 Å². The third kappa shape index (κ3) is 2.67. The van der Waals surface area contributed by atoms with Crippen molar-refractivity contribution in [1.82, 2.24) is 9.88 Å². The summed E-state index contributed by atoms with van der Waals surface area (Å²) in [5.74, 6) is 0.746. The van der Waals surface area contributed by atoms with E-state index in [1.807, 2.05) is 0 Å². The monoisotopic (exact) mass is 393 g/mol. The van der Waals surface area contributed by atoms with Gasteiger partial charge in [-0.1, -0.05) is 39.0 Å². The number of aryl methyl sites for hydroxylation is 1. The summed E-state index contributed by atoms with van der Waals surface area (Å²) in [6.07, 6.45) is 5.20. The molecule has 5 heteroatoms. The van der Waals surface area contributed by atoms with Crippen LogP contribution in [-0.2, 0) is 19.9 Å². The second-order valence-electron chi connectivity index (χ2n) is 9.28. The predicted octanol–water partition coefficient (Wildman–Crippen LogP) is 5.24. The second kappa shape index (κ2) is 6.11. The van der Waals surface area contributed by atoms with Gasteiger partial charge in [-0.3, -0.25) is 4.79 Å². The van der Waals surface area contributed by atoms with Crippen molar-refractivity contribution in [3.05, 3.63) is 52.0 Å². The van der Waals surface area contributed by atoms with Crippen molar-refractivity contribution >= 4 is 33.1 Å². The number of anilines is 1. The predicted molar refractivity (Wildman–Crippen MR) is 116 cm³/mol. The maximum atomic E-state index is 13.1. The summed E-state index contributed by atoms with van der Waals surface area (Å²) in [7, 11) is 2.05. The molecule has 2 unspecified atom stereocenters. The third-order valence-corrected chi connectivity index (χ3v) is 7.69. The molecule has 1 aliphatic heterocycles. The lowest BCUT2D eigenvalue weighted by Crippen LogP contribution is -2.38. The first-order valence-electron chi connectivity index (χ1n) is 10.1. The first-order chi connectivity index (χ1) is 13.3. The quantitative estimate of drug-likeness (QED) is 0.593. The molecule has 0 saturated carbocycles. The van der Waals surface area contributed by atoms with E-state index in [4.69, 9.17) is 0 Å². The van der Waals surface area contributed by atoms with Crippen molar-refractivity contribution in [2.24, 2.45) is 18.4 Å². The average molecular weight is 394 g/mol. The van der Waals surface area contributed by atoms with Crippen molar-refractivity contribution < 1.29 is 4.79 Å².